The molecule has 19 heavy (non-hydrogen) atoms. The van der Waals surface area contributed by atoms with E-state index in [0.717, 1.165) is 11.3 Å². The van der Waals surface area contributed by atoms with Crippen molar-refractivity contribution in [2.24, 2.45) is 0 Å². The van der Waals surface area contributed by atoms with E-state index in [2.05, 4.69) is 0 Å². The monoisotopic (exact) mass is 320 g/mol. The Kier molecular flexibility index (Phi) is 5.85. The number of carbonyl (C=O) groups is 2. The van der Waals surface area contributed by atoms with Crippen LogP contribution in [0.3, 0.4) is 0 Å². The predicted molar refractivity (Wildman–Crippen MR) is 76.9 cm³/mol. The Morgan fingerprint density at radius 2 is 1.79 bits per heavy atom. The van der Waals surface area contributed by atoms with Crippen molar-refractivity contribution in [3.05, 3.63) is 35.9 Å². The van der Waals surface area contributed by atoms with Gasteiger partial charge in [0, 0.05) is 0 Å². The SMILES string of the molecule is COc1ccc(C=CC(=O)CC(=O)C(Cl)(Cl)Cl)cc1. The van der Waals surface area contributed by atoms with Crippen molar-refractivity contribution in [3.8, 4) is 5.75 Å². The largest absolute Gasteiger partial charge is 0.497 e. The van der Waals surface area contributed by atoms with Crippen LogP contribution in [-0.4, -0.2) is 22.5 Å². The maximum absolute atomic E-state index is 11.5. The molecule has 0 heterocycles. The van der Waals surface area contributed by atoms with Gasteiger partial charge in [-0.1, -0.05) is 53.0 Å². The predicted octanol–water partition coefficient (Wildman–Crippen LogP) is 3.61. The number of benzene rings is 1. The van der Waals surface area contributed by atoms with Gasteiger partial charge in [-0.2, -0.15) is 0 Å². The molecule has 6 heteroatoms. The van der Waals surface area contributed by atoms with Gasteiger partial charge in [-0.05, 0) is 23.8 Å². The van der Waals surface area contributed by atoms with E-state index >= 15 is 0 Å². The van der Waals surface area contributed by atoms with Crippen LogP contribution < -0.4 is 4.74 Å². The van der Waals surface area contributed by atoms with Crippen molar-refractivity contribution in [1.29, 1.82) is 0 Å². The number of alkyl halides is 3. The minimum absolute atomic E-state index is 0.424. The number of halogens is 3. The van der Waals surface area contributed by atoms with E-state index in [1.54, 1.807) is 37.5 Å². The molecular formula is C13H11Cl3O3. The highest BCUT2D eigenvalue weighted by atomic mass is 35.6. The van der Waals surface area contributed by atoms with E-state index < -0.39 is 21.8 Å². The van der Waals surface area contributed by atoms with Gasteiger partial charge in [-0.25, -0.2) is 0 Å². The topological polar surface area (TPSA) is 43.4 Å². The van der Waals surface area contributed by atoms with Crippen LogP contribution in [0.4, 0.5) is 0 Å². The smallest absolute Gasteiger partial charge is 0.249 e. The van der Waals surface area contributed by atoms with Crippen LogP contribution >= 0.6 is 34.8 Å². The van der Waals surface area contributed by atoms with E-state index in [1.807, 2.05) is 0 Å². The minimum Gasteiger partial charge on any atom is -0.497 e. The van der Waals surface area contributed by atoms with Crippen LogP contribution in [-0.2, 0) is 9.59 Å². The van der Waals surface area contributed by atoms with Crippen molar-refractivity contribution in [2.75, 3.05) is 7.11 Å². The Morgan fingerprint density at radius 1 is 1.21 bits per heavy atom. The molecule has 1 rings (SSSR count). The summed E-state index contributed by atoms with van der Waals surface area (Å²) in [4.78, 5) is 22.8. The number of allylic oxidation sites excluding steroid dienone is 1. The highest BCUT2D eigenvalue weighted by molar-refractivity contribution is 6.76. The molecule has 0 fully saturated rings. The summed E-state index contributed by atoms with van der Waals surface area (Å²) < 4.78 is 2.95. The summed E-state index contributed by atoms with van der Waals surface area (Å²) in [6.07, 6.45) is 2.41. The second kappa shape index (κ2) is 6.94. The Morgan fingerprint density at radius 3 is 2.26 bits per heavy atom. The Labute approximate surface area is 126 Å². The van der Waals surface area contributed by atoms with E-state index in [9.17, 15) is 9.59 Å². The van der Waals surface area contributed by atoms with Gasteiger partial charge in [0.15, 0.2) is 11.6 Å². The molecule has 0 unspecified atom stereocenters. The zero-order valence-corrected chi connectivity index (χ0v) is 12.3. The second-order valence-electron chi connectivity index (χ2n) is 3.67. The third-order valence-corrected chi connectivity index (χ3v) is 2.86. The summed E-state index contributed by atoms with van der Waals surface area (Å²) in [5.41, 5.74) is 0.801. The van der Waals surface area contributed by atoms with Gasteiger partial charge in [0.05, 0.1) is 13.5 Å². The summed E-state index contributed by atoms with van der Waals surface area (Å²) in [6, 6.07) is 7.08. The van der Waals surface area contributed by atoms with Crippen LogP contribution in [0, 0.1) is 0 Å². The molecule has 1 aromatic carbocycles. The van der Waals surface area contributed by atoms with Gasteiger partial charge in [0.25, 0.3) is 0 Å². The fourth-order valence-electron chi connectivity index (χ4n) is 1.22. The molecule has 102 valence electrons. The van der Waals surface area contributed by atoms with Gasteiger partial charge in [-0.3, -0.25) is 9.59 Å². The zero-order valence-electron chi connectivity index (χ0n) is 10.0. The maximum Gasteiger partial charge on any atom is 0.249 e. The number of methoxy groups -OCH3 is 1. The molecule has 0 aliphatic rings. The lowest BCUT2D eigenvalue weighted by Gasteiger charge is -2.06. The Balaban J connectivity index is 2.61. The van der Waals surface area contributed by atoms with Crippen molar-refractivity contribution < 1.29 is 14.3 Å². The first kappa shape index (κ1) is 16.0. The second-order valence-corrected chi connectivity index (χ2v) is 5.95. The fourth-order valence-corrected chi connectivity index (χ4v) is 1.42. The molecule has 0 spiro atoms. The van der Waals surface area contributed by atoms with Crippen LogP contribution in [0.5, 0.6) is 5.75 Å². The zero-order chi connectivity index (χ0) is 14.5. The summed E-state index contributed by atoms with van der Waals surface area (Å²) in [5, 5.41) is 0. The van der Waals surface area contributed by atoms with E-state index in [-0.39, 0.29) is 0 Å². The van der Waals surface area contributed by atoms with Crippen molar-refractivity contribution in [1.82, 2.24) is 0 Å². The van der Waals surface area contributed by atoms with Crippen LogP contribution in [0.25, 0.3) is 6.08 Å². The minimum atomic E-state index is -2.05. The van der Waals surface area contributed by atoms with Crippen LogP contribution in [0.15, 0.2) is 30.3 Å². The standard InChI is InChI=1S/C13H11Cl3O3/c1-19-11-6-3-9(4-7-11)2-5-10(17)8-12(18)13(14,15)16/h2-7H,8H2,1H3. The molecule has 0 N–H and O–H groups in total. The molecule has 0 atom stereocenters. The van der Waals surface area contributed by atoms with Gasteiger partial charge in [0.2, 0.25) is 3.79 Å². The molecule has 0 amide bonds. The Hall–Kier alpha value is -1.03. The number of hydrogen-bond donors (Lipinski definition) is 0. The Bertz CT molecular complexity index is 487. The van der Waals surface area contributed by atoms with E-state index in [4.69, 9.17) is 39.5 Å². The fraction of sp³-hybridized carbons (Fsp3) is 0.231. The molecule has 0 aliphatic heterocycles. The average Bonchev–Trinajstić information content (AvgIpc) is 2.35. The summed E-state index contributed by atoms with van der Waals surface area (Å²) in [7, 11) is 1.57. The first-order valence-corrected chi connectivity index (χ1v) is 6.41. The summed E-state index contributed by atoms with van der Waals surface area (Å²) >= 11 is 16.1. The third-order valence-electron chi connectivity index (χ3n) is 2.23. The van der Waals surface area contributed by atoms with Crippen molar-refractivity contribution >= 4 is 52.4 Å². The lowest BCUT2D eigenvalue weighted by molar-refractivity contribution is -0.124. The molecule has 0 aromatic heterocycles. The summed E-state index contributed by atoms with van der Waals surface area (Å²) in [5.74, 6) is -0.455. The number of carbonyl (C=O) groups excluding carboxylic acids is 2. The highest BCUT2D eigenvalue weighted by Crippen LogP contribution is 2.28. The molecule has 3 nitrogen and oxygen atoms in total. The van der Waals surface area contributed by atoms with Crippen molar-refractivity contribution in [3.63, 3.8) is 0 Å². The van der Waals surface area contributed by atoms with Gasteiger partial charge in [0.1, 0.15) is 5.75 Å². The van der Waals surface area contributed by atoms with Crippen LogP contribution in [0.1, 0.15) is 12.0 Å². The number of Topliss-reactive ketones (excluding diaryl/α,β-unsaturated/α-hetero) is 1. The highest BCUT2D eigenvalue weighted by Gasteiger charge is 2.31. The van der Waals surface area contributed by atoms with Gasteiger partial charge >= 0.3 is 0 Å². The normalized spacial score (nSPS) is 11.6. The van der Waals surface area contributed by atoms with Gasteiger partial charge < -0.3 is 4.74 Å². The lowest BCUT2D eigenvalue weighted by Crippen LogP contribution is -2.21. The molecule has 1 aromatic rings. The molecule has 0 saturated heterocycles. The number of rotatable bonds is 5. The molecule has 0 aliphatic carbocycles. The lowest BCUT2D eigenvalue weighted by atomic mass is 10.1. The molecular weight excluding hydrogens is 310 g/mol. The quantitative estimate of drug-likeness (QED) is 0.473. The number of ether oxygens (including phenoxy) is 1. The van der Waals surface area contributed by atoms with Gasteiger partial charge in [-0.15, -0.1) is 0 Å². The van der Waals surface area contributed by atoms with E-state index in [0.29, 0.717) is 0 Å². The van der Waals surface area contributed by atoms with Crippen LogP contribution in [0.2, 0.25) is 0 Å². The number of hydrogen-bond acceptors (Lipinski definition) is 3. The first-order valence-electron chi connectivity index (χ1n) is 5.28. The average molecular weight is 322 g/mol. The third kappa shape index (κ3) is 5.64. The molecule has 0 radical (unpaired) electrons. The maximum atomic E-state index is 11.5. The first-order chi connectivity index (χ1) is 8.82. The number of ketones is 2. The molecule has 0 saturated carbocycles. The van der Waals surface area contributed by atoms with Crippen molar-refractivity contribution in [2.45, 2.75) is 10.2 Å². The van der Waals surface area contributed by atoms with E-state index in [1.165, 1.54) is 6.08 Å². The summed E-state index contributed by atoms with van der Waals surface area (Å²) in [6.45, 7) is 0. The molecule has 0 bridgehead atoms.